The summed E-state index contributed by atoms with van der Waals surface area (Å²) in [5.41, 5.74) is 4.35. The number of hydrogen-bond acceptors (Lipinski definition) is 3. The van der Waals surface area contributed by atoms with Crippen molar-refractivity contribution < 1.29 is 14.4 Å². The molecule has 33 heavy (non-hydrogen) atoms. The summed E-state index contributed by atoms with van der Waals surface area (Å²) >= 11 is 0. The monoisotopic (exact) mass is 443 g/mol. The Morgan fingerprint density at radius 2 is 1.39 bits per heavy atom. The van der Waals surface area contributed by atoms with E-state index in [4.69, 9.17) is 0 Å². The number of anilines is 1. The van der Waals surface area contributed by atoms with Crippen LogP contribution in [0.5, 0.6) is 0 Å². The maximum absolute atomic E-state index is 13.0. The predicted octanol–water partition coefficient (Wildman–Crippen LogP) is 4.27. The molecule has 0 unspecified atom stereocenters. The van der Waals surface area contributed by atoms with E-state index in [0.29, 0.717) is 11.3 Å². The van der Waals surface area contributed by atoms with Gasteiger partial charge in [0.15, 0.2) is 0 Å². The van der Waals surface area contributed by atoms with E-state index in [-0.39, 0.29) is 30.9 Å². The van der Waals surface area contributed by atoms with Gasteiger partial charge in [0.1, 0.15) is 6.54 Å². The Balaban J connectivity index is 1.56. The van der Waals surface area contributed by atoms with E-state index >= 15 is 0 Å². The van der Waals surface area contributed by atoms with Gasteiger partial charge in [-0.05, 0) is 56.2 Å². The molecule has 0 saturated heterocycles. The van der Waals surface area contributed by atoms with Crippen LogP contribution in [0.15, 0.2) is 78.9 Å². The molecule has 2 N–H and O–H groups in total. The van der Waals surface area contributed by atoms with Crippen LogP contribution in [0.4, 0.5) is 5.69 Å². The third kappa shape index (κ3) is 6.77. The number of nitrogens with one attached hydrogen (secondary N) is 2. The summed E-state index contributed by atoms with van der Waals surface area (Å²) in [4.78, 5) is 39.1. The minimum atomic E-state index is -0.392. The number of hydrogen-bond donors (Lipinski definition) is 2. The number of benzene rings is 3. The number of carbonyl (C=O) groups excluding carboxylic acids is 3. The van der Waals surface area contributed by atoms with Crippen LogP contribution in [-0.2, 0) is 9.59 Å². The van der Waals surface area contributed by atoms with E-state index in [1.807, 2.05) is 75.4 Å². The molecule has 0 aliphatic carbocycles. The first-order valence-corrected chi connectivity index (χ1v) is 10.9. The van der Waals surface area contributed by atoms with Gasteiger partial charge >= 0.3 is 0 Å². The highest BCUT2D eigenvalue weighted by atomic mass is 16.2. The number of carbonyl (C=O) groups is 3. The standard InChI is InChI=1S/C27H29N3O3/c1-19(2)30(18-26(32)28-17-25(31)29-24-15-9-20(3)10-16-24)27(33)23-13-11-22(12-14-23)21-7-5-4-6-8-21/h4-16,19H,17-18H2,1-3H3,(H,28,32)(H,29,31). The van der Waals surface area contributed by atoms with E-state index < -0.39 is 5.91 Å². The Hall–Kier alpha value is -3.93. The van der Waals surface area contributed by atoms with Crippen LogP contribution in [-0.4, -0.2) is 41.8 Å². The smallest absolute Gasteiger partial charge is 0.254 e. The van der Waals surface area contributed by atoms with E-state index in [1.54, 1.807) is 24.3 Å². The Morgan fingerprint density at radius 1 is 0.788 bits per heavy atom. The molecule has 0 radical (unpaired) electrons. The largest absolute Gasteiger partial charge is 0.345 e. The second-order valence-electron chi connectivity index (χ2n) is 8.16. The van der Waals surface area contributed by atoms with Crippen LogP contribution in [0.3, 0.4) is 0 Å². The van der Waals surface area contributed by atoms with Gasteiger partial charge in [0.05, 0.1) is 6.54 Å². The van der Waals surface area contributed by atoms with Crippen LogP contribution in [0, 0.1) is 6.92 Å². The lowest BCUT2D eigenvalue weighted by atomic mass is 10.0. The first kappa shape index (κ1) is 23.7. The molecule has 0 aromatic heterocycles. The highest BCUT2D eigenvalue weighted by molar-refractivity contribution is 5.98. The second kappa shape index (κ2) is 11.1. The minimum absolute atomic E-state index is 0.130. The predicted molar refractivity (Wildman–Crippen MR) is 131 cm³/mol. The molecule has 0 aliphatic rings. The Kier molecular flexibility index (Phi) is 7.97. The van der Waals surface area contributed by atoms with Crippen molar-refractivity contribution in [3.8, 4) is 11.1 Å². The van der Waals surface area contributed by atoms with Crippen molar-refractivity contribution in [2.45, 2.75) is 26.8 Å². The fourth-order valence-corrected chi connectivity index (χ4v) is 3.32. The van der Waals surface area contributed by atoms with Crippen molar-refractivity contribution in [1.82, 2.24) is 10.2 Å². The number of aryl methyl sites for hydroxylation is 1. The highest BCUT2D eigenvalue weighted by Gasteiger charge is 2.22. The van der Waals surface area contributed by atoms with Gasteiger partial charge in [-0.1, -0.05) is 60.2 Å². The normalized spacial score (nSPS) is 10.5. The van der Waals surface area contributed by atoms with Gasteiger partial charge in [-0.2, -0.15) is 0 Å². The lowest BCUT2D eigenvalue weighted by molar-refractivity contribution is -0.124. The molecule has 3 amide bonds. The van der Waals surface area contributed by atoms with Gasteiger partial charge in [-0.15, -0.1) is 0 Å². The van der Waals surface area contributed by atoms with E-state index in [0.717, 1.165) is 16.7 Å². The van der Waals surface area contributed by atoms with Crippen molar-refractivity contribution in [1.29, 1.82) is 0 Å². The van der Waals surface area contributed by atoms with Gasteiger partial charge < -0.3 is 15.5 Å². The van der Waals surface area contributed by atoms with Gasteiger partial charge in [0, 0.05) is 17.3 Å². The molecule has 170 valence electrons. The summed E-state index contributed by atoms with van der Waals surface area (Å²) < 4.78 is 0. The van der Waals surface area contributed by atoms with Crippen molar-refractivity contribution in [3.63, 3.8) is 0 Å². The van der Waals surface area contributed by atoms with Gasteiger partial charge in [-0.3, -0.25) is 14.4 Å². The van der Waals surface area contributed by atoms with Gasteiger partial charge in [0.25, 0.3) is 5.91 Å². The zero-order chi connectivity index (χ0) is 23.8. The fraction of sp³-hybridized carbons (Fsp3) is 0.222. The van der Waals surface area contributed by atoms with Crippen molar-refractivity contribution in [2.24, 2.45) is 0 Å². The van der Waals surface area contributed by atoms with Crippen molar-refractivity contribution in [3.05, 3.63) is 90.0 Å². The van der Waals surface area contributed by atoms with Crippen molar-refractivity contribution >= 4 is 23.4 Å². The molecule has 0 heterocycles. The van der Waals surface area contributed by atoms with Crippen LogP contribution in [0.1, 0.15) is 29.8 Å². The number of rotatable bonds is 8. The number of amides is 3. The molecule has 6 heteroatoms. The molecule has 6 nitrogen and oxygen atoms in total. The maximum Gasteiger partial charge on any atom is 0.254 e. The minimum Gasteiger partial charge on any atom is -0.345 e. The number of nitrogens with zero attached hydrogens (tertiary/aromatic N) is 1. The first-order valence-electron chi connectivity index (χ1n) is 10.9. The summed E-state index contributed by atoms with van der Waals surface area (Å²) in [6.07, 6.45) is 0. The Morgan fingerprint density at radius 3 is 2.00 bits per heavy atom. The van der Waals surface area contributed by atoms with Crippen LogP contribution in [0.25, 0.3) is 11.1 Å². The fourth-order valence-electron chi connectivity index (χ4n) is 3.32. The third-order valence-corrected chi connectivity index (χ3v) is 5.22. The molecule has 0 spiro atoms. The molecule has 0 saturated carbocycles. The summed E-state index contributed by atoms with van der Waals surface area (Å²) in [5.74, 6) is -0.952. The Bertz CT molecular complexity index is 1090. The second-order valence-corrected chi connectivity index (χ2v) is 8.16. The van der Waals surface area contributed by atoms with Crippen molar-refractivity contribution in [2.75, 3.05) is 18.4 Å². The SMILES string of the molecule is Cc1ccc(NC(=O)CNC(=O)CN(C(=O)c2ccc(-c3ccccc3)cc2)C(C)C)cc1. The average molecular weight is 444 g/mol. The summed E-state index contributed by atoms with van der Waals surface area (Å²) in [6.45, 7) is 5.37. The summed E-state index contributed by atoms with van der Waals surface area (Å²) in [6, 6.07) is 24.5. The quantitative estimate of drug-likeness (QED) is 0.546. The van der Waals surface area contributed by atoms with Gasteiger partial charge in [-0.25, -0.2) is 0 Å². The van der Waals surface area contributed by atoms with E-state index in [2.05, 4.69) is 10.6 Å². The molecule has 0 bridgehead atoms. The summed E-state index contributed by atoms with van der Waals surface area (Å²) in [5, 5.41) is 5.33. The molecule has 0 atom stereocenters. The first-order chi connectivity index (χ1) is 15.8. The zero-order valence-corrected chi connectivity index (χ0v) is 19.2. The van der Waals surface area contributed by atoms with Crippen LogP contribution >= 0.6 is 0 Å². The lowest BCUT2D eigenvalue weighted by Crippen LogP contribution is -2.45. The maximum atomic E-state index is 13.0. The molecule has 0 aliphatic heterocycles. The van der Waals surface area contributed by atoms with Crippen LogP contribution < -0.4 is 10.6 Å². The zero-order valence-electron chi connectivity index (χ0n) is 19.2. The third-order valence-electron chi connectivity index (χ3n) is 5.22. The van der Waals surface area contributed by atoms with E-state index in [1.165, 1.54) is 4.90 Å². The van der Waals surface area contributed by atoms with Gasteiger partial charge in [0.2, 0.25) is 11.8 Å². The van der Waals surface area contributed by atoms with Crippen LogP contribution in [0.2, 0.25) is 0 Å². The molecular weight excluding hydrogens is 414 g/mol. The molecule has 0 fully saturated rings. The summed E-state index contributed by atoms with van der Waals surface area (Å²) in [7, 11) is 0. The molecule has 3 rings (SSSR count). The Labute approximate surface area is 194 Å². The van der Waals surface area contributed by atoms with E-state index in [9.17, 15) is 14.4 Å². The highest BCUT2D eigenvalue weighted by Crippen LogP contribution is 2.20. The molecule has 3 aromatic rings. The molecular formula is C27H29N3O3. The lowest BCUT2D eigenvalue weighted by Gasteiger charge is -2.26. The average Bonchev–Trinajstić information content (AvgIpc) is 2.83. The topological polar surface area (TPSA) is 78.5 Å². The molecule has 3 aromatic carbocycles.